The van der Waals surface area contributed by atoms with Crippen molar-refractivity contribution in [3.63, 3.8) is 0 Å². The Hall–Kier alpha value is -5.22. The highest BCUT2D eigenvalue weighted by atomic mass is 16.5. The average Bonchev–Trinajstić information content (AvgIpc) is 3.37. The van der Waals surface area contributed by atoms with Gasteiger partial charge in [0.1, 0.15) is 29.7 Å². The van der Waals surface area contributed by atoms with Gasteiger partial charge in [0.05, 0.1) is 17.1 Å². The Morgan fingerprint density at radius 1 is 0.902 bits per heavy atom. The van der Waals surface area contributed by atoms with Gasteiger partial charge in [0, 0.05) is 36.2 Å². The van der Waals surface area contributed by atoms with Crippen LogP contribution >= 0.6 is 0 Å². The van der Waals surface area contributed by atoms with Crippen LogP contribution in [0.25, 0.3) is 16.5 Å². The van der Waals surface area contributed by atoms with Crippen molar-refractivity contribution in [1.29, 1.82) is 0 Å². The molecule has 3 N–H and O–H groups in total. The van der Waals surface area contributed by atoms with E-state index in [9.17, 15) is 9.59 Å². The molecule has 0 atom stereocenters. The molecule has 0 spiro atoms. The van der Waals surface area contributed by atoms with Gasteiger partial charge in [-0.05, 0) is 43.7 Å². The maximum absolute atomic E-state index is 13.2. The van der Waals surface area contributed by atoms with Crippen molar-refractivity contribution in [2.24, 2.45) is 0 Å². The first-order valence-corrected chi connectivity index (χ1v) is 13.1. The molecule has 5 rings (SSSR count). The summed E-state index contributed by atoms with van der Waals surface area (Å²) in [4.78, 5) is 29.2. The fourth-order valence-corrected chi connectivity index (χ4v) is 4.29. The Kier molecular flexibility index (Phi) is 8.21. The van der Waals surface area contributed by atoms with Crippen LogP contribution in [0.1, 0.15) is 18.2 Å². The minimum Gasteiger partial charge on any atom is -0.457 e. The second-order valence-electron chi connectivity index (χ2n) is 9.32. The highest BCUT2D eigenvalue weighted by molar-refractivity contribution is 6.07. The number of benzene rings is 3. The van der Waals surface area contributed by atoms with E-state index in [0.717, 1.165) is 34.1 Å². The van der Waals surface area contributed by atoms with Gasteiger partial charge in [-0.1, -0.05) is 48.9 Å². The number of nitrogens with one attached hydrogen (secondary N) is 3. The summed E-state index contributed by atoms with van der Waals surface area (Å²) in [7, 11) is 1.45. The molecule has 0 fully saturated rings. The van der Waals surface area contributed by atoms with Crippen molar-refractivity contribution in [1.82, 2.24) is 14.8 Å². The molecule has 10 heteroatoms. The fraction of sp³-hybridized carbons (Fsp3) is 0.161. The highest BCUT2D eigenvalue weighted by Crippen LogP contribution is 2.35. The molecule has 5 aromatic rings. The number of nitrogens with zero attached hydrogens (tertiary/aromatic N) is 3. The molecule has 0 aliphatic rings. The molecular formula is C31H30N6O4. The number of hydrogen-bond donors (Lipinski definition) is 3. The van der Waals surface area contributed by atoms with E-state index in [0.29, 0.717) is 28.8 Å². The Balaban J connectivity index is 1.36. The smallest absolute Gasteiger partial charge is 0.324 e. The lowest BCUT2D eigenvalue weighted by molar-refractivity contribution is -0.119. The Labute approximate surface area is 237 Å². The summed E-state index contributed by atoms with van der Waals surface area (Å²) in [6.45, 7) is 3.97. The first-order valence-electron chi connectivity index (χ1n) is 13.1. The summed E-state index contributed by atoms with van der Waals surface area (Å²) in [5.74, 6) is 1.67. The van der Waals surface area contributed by atoms with Crippen molar-refractivity contribution in [3.05, 3.63) is 96.3 Å². The second kappa shape index (κ2) is 12.3. The van der Waals surface area contributed by atoms with E-state index in [-0.39, 0.29) is 12.5 Å². The number of carbonyl (C=O) groups is 2. The molecule has 3 amide bonds. The van der Waals surface area contributed by atoms with E-state index in [4.69, 9.17) is 9.47 Å². The van der Waals surface area contributed by atoms with Gasteiger partial charge in [-0.15, -0.1) is 0 Å². The zero-order valence-electron chi connectivity index (χ0n) is 23.0. The van der Waals surface area contributed by atoms with Crippen LogP contribution in [-0.4, -0.2) is 40.4 Å². The lowest BCUT2D eigenvalue weighted by Gasteiger charge is -2.14. The average molecular weight is 551 g/mol. The van der Waals surface area contributed by atoms with Gasteiger partial charge >= 0.3 is 6.03 Å². The predicted molar refractivity (Wildman–Crippen MR) is 159 cm³/mol. The summed E-state index contributed by atoms with van der Waals surface area (Å²) in [5.41, 5.74) is 3.48. The number of methoxy groups -OCH3 is 1. The molecule has 2 heterocycles. The van der Waals surface area contributed by atoms with Crippen LogP contribution in [0, 0.1) is 6.92 Å². The van der Waals surface area contributed by atoms with Crippen LogP contribution in [0.15, 0.2) is 85.1 Å². The lowest BCUT2D eigenvalue weighted by Crippen LogP contribution is -2.21. The standard InChI is InChI=1S/C31H30N6O4/c1-4-21-17-29(37(36-21)22-11-9-20(2)10-12-22)35-31(39)33-26-13-14-27(25-8-6-5-7-24(25)26)41-23-15-16-32-28(18-23)34-30(38)19-40-3/h5-18H,4,19H2,1-3H3,(H,32,34,38)(H2,33,35,39). The molecule has 0 saturated carbocycles. The van der Waals surface area contributed by atoms with Crippen LogP contribution in [0.4, 0.5) is 22.1 Å². The van der Waals surface area contributed by atoms with Gasteiger partial charge in [-0.3, -0.25) is 10.1 Å². The van der Waals surface area contributed by atoms with Gasteiger partial charge in [0.15, 0.2) is 0 Å². The minimum absolute atomic E-state index is 0.0759. The number of anilines is 3. The van der Waals surface area contributed by atoms with Crippen molar-refractivity contribution in [3.8, 4) is 17.2 Å². The second-order valence-corrected chi connectivity index (χ2v) is 9.32. The maximum Gasteiger partial charge on any atom is 0.324 e. The third-order valence-electron chi connectivity index (χ3n) is 6.28. The van der Waals surface area contributed by atoms with Crippen LogP contribution < -0.4 is 20.7 Å². The number of fused-ring (bicyclic) bond motifs is 1. The van der Waals surface area contributed by atoms with Crippen molar-refractivity contribution in [2.45, 2.75) is 20.3 Å². The largest absolute Gasteiger partial charge is 0.457 e. The normalized spacial score (nSPS) is 10.8. The third kappa shape index (κ3) is 6.51. The van der Waals surface area contributed by atoms with Crippen LogP contribution in [-0.2, 0) is 16.0 Å². The SMILES string of the molecule is CCc1cc(NC(=O)Nc2ccc(Oc3ccnc(NC(=O)COC)c3)c3ccccc23)n(-c2ccc(C)cc2)n1. The molecular weight excluding hydrogens is 520 g/mol. The molecule has 0 unspecified atom stereocenters. The Morgan fingerprint density at radius 2 is 1.68 bits per heavy atom. The number of rotatable bonds is 9. The summed E-state index contributed by atoms with van der Waals surface area (Å²) in [6.07, 6.45) is 2.28. The number of pyridine rings is 1. The molecule has 0 aliphatic heterocycles. The van der Waals surface area contributed by atoms with E-state index < -0.39 is 6.03 Å². The number of amides is 3. The third-order valence-corrected chi connectivity index (χ3v) is 6.28. The maximum atomic E-state index is 13.2. The van der Waals surface area contributed by atoms with Crippen molar-refractivity contribution >= 4 is 40.0 Å². The number of ether oxygens (including phenoxy) is 2. The first-order chi connectivity index (χ1) is 19.9. The first kappa shape index (κ1) is 27.4. The Bertz CT molecular complexity index is 1700. The molecule has 0 bridgehead atoms. The molecule has 3 aromatic carbocycles. The van der Waals surface area contributed by atoms with E-state index in [1.54, 1.807) is 35.1 Å². The Morgan fingerprint density at radius 3 is 2.44 bits per heavy atom. The fourth-order valence-electron chi connectivity index (χ4n) is 4.29. The number of aromatic nitrogens is 3. The zero-order chi connectivity index (χ0) is 28.8. The summed E-state index contributed by atoms with van der Waals surface area (Å²) < 4.78 is 12.7. The quantitative estimate of drug-likeness (QED) is 0.198. The van der Waals surface area contributed by atoms with Crippen molar-refractivity contribution < 1.29 is 19.1 Å². The molecule has 208 valence electrons. The van der Waals surface area contributed by atoms with Crippen LogP contribution in [0.5, 0.6) is 11.5 Å². The van der Waals surface area contributed by atoms with Gasteiger partial charge < -0.3 is 20.1 Å². The van der Waals surface area contributed by atoms with Crippen LogP contribution in [0.3, 0.4) is 0 Å². The lowest BCUT2D eigenvalue weighted by atomic mass is 10.1. The monoisotopic (exact) mass is 550 g/mol. The van der Waals surface area contributed by atoms with E-state index in [1.165, 1.54) is 7.11 Å². The van der Waals surface area contributed by atoms with E-state index >= 15 is 0 Å². The summed E-state index contributed by atoms with van der Waals surface area (Å²) in [5, 5.41) is 14.8. The van der Waals surface area contributed by atoms with E-state index in [2.05, 4.69) is 26.0 Å². The summed E-state index contributed by atoms with van der Waals surface area (Å²) in [6, 6.07) is 23.9. The number of urea groups is 1. The topological polar surface area (TPSA) is 119 Å². The molecule has 41 heavy (non-hydrogen) atoms. The molecule has 10 nitrogen and oxygen atoms in total. The number of aryl methyl sites for hydroxylation is 2. The number of hydrogen-bond acceptors (Lipinski definition) is 6. The predicted octanol–water partition coefficient (Wildman–Crippen LogP) is 6.31. The van der Waals surface area contributed by atoms with Crippen molar-refractivity contribution in [2.75, 3.05) is 29.7 Å². The molecule has 0 radical (unpaired) electrons. The minimum atomic E-state index is -0.398. The molecule has 0 aliphatic carbocycles. The number of carbonyl (C=O) groups excluding carboxylic acids is 2. The molecule has 2 aromatic heterocycles. The van der Waals surface area contributed by atoms with Gasteiger partial charge in [-0.2, -0.15) is 5.10 Å². The van der Waals surface area contributed by atoms with Gasteiger partial charge in [-0.25, -0.2) is 14.5 Å². The summed E-state index contributed by atoms with van der Waals surface area (Å²) >= 11 is 0. The van der Waals surface area contributed by atoms with Gasteiger partial charge in [0.2, 0.25) is 0 Å². The van der Waals surface area contributed by atoms with E-state index in [1.807, 2.05) is 68.4 Å². The van der Waals surface area contributed by atoms with Crippen LogP contribution in [0.2, 0.25) is 0 Å². The molecule has 0 saturated heterocycles. The highest BCUT2D eigenvalue weighted by Gasteiger charge is 2.15. The van der Waals surface area contributed by atoms with Gasteiger partial charge in [0.25, 0.3) is 5.91 Å². The zero-order valence-corrected chi connectivity index (χ0v) is 23.0.